The van der Waals surface area contributed by atoms with Gasteiger partial charge < -0.3 is 5.73 Å². The van der Waals surface area contributed by atoms with Gasteiger partial charge in [0.2, 0.25) is 0 Å². The van der Waals surface area contributed by atoms with Crippen molar-refractivity contribution in [3.63, 3.8) is 0 Å². The molecule has 0 aliphatic rings. The highest BCUT2D eigenvalue weighted by molar-refractivity contribution is 5.89. The molecule has 1 aromatic carbocycles. The Balaban J connectivity index is 2.22. The highest BCUT2D eigenvalue weighted by atomic mass is 19.1. The van der Waals surface area contributed by atoms with Crippen LogP contribution in [-0.2, 0) is 0 Å². The molecule has 5 heteroatoms. The number of aromatic nitrogens is 2. The molecule has 2 heterocycles. The predicted octanol–water partition coefficient (Wildman–Crippen LogP) is 3.93. The second kappa shape index (κ2) is 5.89. The standard InChI is InChI=1S/C19H15F2N3/c1-4-12-5-6-15(21)14(7-12)10(2)17-11(3)24-16-8-13(20)9-23-19(16)18(17)22/h1,5-10H,2-3H3,(H2,22,24)/t10-/m0/s1. The first-order chi connectivity index (χ1) is 11.4. The van der Waals surface area contributed by atoms with Crippen LogP contribution in [0.5, 0.6) is 0 Å². The van der Waals surface area contributed by atoms with Crippen molar-refractivity contribution in [3.05, 3.63) is 64.5 Å². The van der Waals surface area contributed by atoms with E-state index in [4.69, 9.17) is 12.2 Å². The van der Waals surface area contributed by atoms with Gasteiger partial charge >= 0.3 is 0 Å². The monoisotopic (exact) mass is 323 g/mol. The fraction of sp³-hybridized carbons (Fsp3) is 0.158. The molecule has 0 bridgehead atoms. The molecule has 120 valence electrons. The van der Waals surface area contributed by atoms with Crippen LogP contribution in [0, 0.1) is 30.9 Å². The number of halogens is 2. The number of fused-ring (bicyclic) bond motifs is 1. The molecule has 0 unspecified atom stereocenters. The third-order valence-corrected chi connectivity index (χ3v) is 4.12. The lowest BCUT2D eigenvalue weighted by Gasteiger charge is -2.19. The van der Waals surface area contributed by atoms with Crippen LogP contribution in [0.2, 0.25) is 0 Å². The lowest BCUT2D eigenvalue weighted by atomic mass is 9.89. The van der Waals surface area contributed by atoms with Crippen LogP contribution in [0.4, 0.5) is 14.5 Å². The molecule has 0 aliphatic carbocycles. The Morgan fingerprint density at radius 3 is 2.71 bits per heavy atom. The number of benzene rings is 1. The van der Waals surface area contributed by atoms with Gasteiger partial charge in [0.15, 0.2) is 0 Å². The van der Waals surface area contributed by atoms with Crippen molar-refractivity contribution in [3.8, 4) is 12.3 Å². The van der Waals surface area contributed by atoms with E-state index in [1.165, 1.54) is 12.1 Å². The maximum Gasteiger partial charge on any atom is 0.143 e. The van der Waals surface area contributed by atoms with E-state index in [0.29, 0.717) is 39.1 Å². The minimum atomic E-state index is -0.484. The first-order valence-electron chi connectivity index (χ1n) is 7.39. The summed E-state index contributed by atoms with van der Waals surface area (Å²) in [6.45, 7) is 3.59. The second-order valence-electron chi connectivity index (χ2n) is 5.65. The number of terminal acetylenes is 1. The van der Waals surface area contributed by atoms with E-state index < -0.39 is 5.82 Å². The van der Waals surface area contributed by atoms with Crippen molar-refractivity contribution in [1.29, 1.82) is 0 Å². The Kier molecular flexibility index (Phi) is 3.90. The predicted molar refractivity (Wildman–Crippen MR) is 90.5 cm³/mol. The molecular weight excluding hydrogens is 308 g/mol. The van der Waals surface area contributed by atoms with Gasteiger partial charge in [-0.3, -0.25) is 4.98 Å². The fourth-order valence-corrected chi connectivity index (χ4v) is 2.95. The van der Waals surface area contributed by atoms with Crippen LogP contribution in [-0.4, -0.2) is 9.97 Å². The lowest BCUT2D eigenvalue weighted by molar-refractivity contribution is 0.602. The number of nitrogen functional groups attached to an aromatic ring is 1. The van der Waals surface area contributed by atoms with Gasteiger partial charge in [-0.05, 0) is 30.7 Å². The molecule has 1 atom stereocenters. The Morgan fingerprint density at radius 2 is 2.00 bits per heavy atom. The Hall–Kier alpha value is -3.00. The molecule has 0 spiro atoms. The summed E-state index contributed by atoms with van der Waals surface area (Å²) in [6, 6.07) is 5.79. The first kappa shape index (κ1) is 15.9. The van der Waals surface area contributed by atoms with Crippen LogP contribution < -0.4 is 5.73 Å². The number of nitrogens with zero attached hydrogens (tertiary/aromatic N) is 2. The van der Waals surface area contributed by atoms with Crippen molar-refractivity contribution in [2.75, 3.05) is 5.73 Å². The Bertz CT molecular complexity index is 990. The van der Waals surface area contributed by atoms with E-state index in [-0.39, 0.29) is 11.7 Å². The number of hydrogen-bond acceptors (Lipinski definition) is 3. The quantitative estimate of drug-likeness (QED) is 0.727. The molecule has 3 aromatic rings. The van der Waals surface area contributed by atoms with Crippen molar-refractivity contribution in [2.45, 2.75) is 19.8 Å². The Morgan fingerprint density at radius 1 is 1.25 bits per heavy atom. The first-order valence-corrected chi connectivity index (χ1v) is 7.39. The third-order valence-electron chi connectivity index (χ3n) is 4.12. The SMILES string of the molecule is C#Cc1ccc(F)c([C@H](C)c2c(C)nc3cc(F)cnc3c2N)c1. The van der Waals surface area contributed by atoms with E-state index in [9.17, 15) is 8.78 Å². The summed E-state index contributed by atoms with van der Waals surface area (Å²) in [5, 5.41) is 0. The Labute approximate surface area is 138 Å². The van der Waals surface area contributed by atoms with E-state index in [1.54, 1.807) is 19.1 Å². The zero-order chi connectivity index (χ0) is 17.4. The van der Waals surface area contributed by atoms with Crippen LogP contribution in [0.25, 0.3) is 11.0 Å². The number of nitrogens with two attached hydrogens (primary N) is 1. The van der Waals surface area contributed by atoms with Gasteiger partial charge in [0.25, 0.3) is 0 Å². The summed E-state index contributed by atoms with van der Waals surface area (Å²) in [5.41, 5.74) is 9.67. The molecule has 0 saturated heterocycles. The number of pyridine rings is 2. The van der Waals surface area contributed by atoms with Crippen molar-refractivity contribution in [1.82, 2.24) is 9.97 Å². The number of rotatable bonds is 2. The van der Waals surface area contributed by atoms with Crippen molar-refractivity contribution in [2.24, 2.45) is 0 Å². The molecule has 3 rings (SSSR count). The summed E-state index contributed by atoms with van der Waals surface area (Å²) >= 11 is 0. The summed E-state index contributed by atoms with van der Waals surface area (Å²) in [4.78, 5) is 8.40. The average Bonchev–Trinajstić information content (AvgIpc) is 2.54. The summed E-state index contributed by atoms with van der Waals surface area (Å²) in [5.74, 6) is 1.27. The molecule has 2 N–H and O–H groups in total. The van der Waals surface area contributed by atoms with Crippen molar-refractivity contribution >= 4 is 16.7 Å². The molecule has 0 saturated carbocycles. The van der Waals surface area contributed by atoms with Gasteiger partial charge in [-0.15, -0.1) is 6.42 Å². The largest absolute Gasteiger partial charge is 0.397 e. The molecule has 0 aliphatic heterocycles. The van der Waals surface area contributed by atoms with Crippen LogP contribution in [0.3, 0.4) is 0 Å². The molecule has 0 radical (unpaired) electrons. The average molecular weight is 323 g/mol. The molecule has 0 fully saturated rings. The summed E-state index contributed by atoms with van der Waals surface area (Å²) in [6.07, 6.45) is 6.49. The third kappa shape index (κ3) is 2.56. The molecule has 2 aromatic heterocycles. The minimum Gasteiger partial charge on any atom is -0.397 e. The van der Waals surface area contributed by atoms with E-state index in [2.05, 4.69) is 15.9 Å². The number of anilines is 1. The van der Waals surface area contributed by atoms with E-state index >= 15 is 0 Å². The van der Waals surface area contributed by atoms with Crippen molar-refractivity contribution < 1.29 is 8.78 Å². The summed E-state index contributed by atoms with van der Waals surface area (Å²) in [7, 11) is 0. The van der Waals surface area contributed by atoms with Gasteiger partial charge in [-0.2, -0.15) is 0 Å². The maximum absolute atomic E-state index is 14.3. The normalized spacial score (nSPS) is 12.1. The minimum absolute atomic E-state index is 0.368. The number of aryl methyl sites for hydroxylation is 1. The maximum atomic E-state index is 14.3. The van der Waals surface area contributed by atoms with E-state index in [1.807, 2.05) is 6.92 Å². The van der Waals surface area contributed by atoms with Gasteiger partial charge in [0.1, 0.15) is 17.2 Å². The van der Waals surface area contributed by atoms with Gasteiger partial charge in [0, 0.05) is 28.8 Å². The van der Waals surface area contributed by atoms with E-state index in [0.717, 1.165) is 6.20 Å². The van der Waals surface area contributed by atoms with Crippen LogP contribution in [0.1, 0.15) is 35.2 Å². The molecular formula is C19H15F2N3. The molecule has 3 nitrogen and oxygen atoms in total. The zero-order valence-corrected chi connectivity index (χ0v) is 13.3. The topological polar surface area (TPSA) is 51.8 Å². The van der Waals surface area contributed by atoms with Gasteiger partial charge in [-0.25, -0.2) is 13.8 Å². The zero-order valence-electron chi connectivity index (χ0n) is 13.3. The van der Waals surface area contributed by atoms with Crippen LogP contribution >= 0.6 is 0 Å². The highest BCUT2D eigenvalue weighted by Crippen LogP contribution is 2.35. The highest BCUT2D eigenvalue weighted by Gasteiger charge is 2.21. The van der Waals surface area contributed by atoms with Gasteiger partial charge in [-0.1, -0.05) is 12.8 Å². The molecule has 0 amide bonds. The summed E-state index contributed by atoms with van der Waals surface area (Å²) < 4.78 is 27.6. The smallest absolute Gasteiger partial charge is 0.143 e. The van der Waals surface area contributed by atoms with Gasteiger partial charge in [0.05, 0.1) is 17.4 Å². The lowest BCUT2D eigenvalue weighted by Crippen LogP contribution is -2.09. The van der Waals surface area contributed by atoms with Crippen LogP contribution in [0.15, 0.2) is 30.5 Å². The molecule has 24 heavy (non-hydrogen) atoms. The number of hydrogen-bond donors (Lipinski definition) is 1. The second-order valence-corrected chi connectivity index (χ2v) is 5.65. The fourth-order valence-electron chi connectivity index (χ4n) is 2.95.